The number of esters is 1. The van der Waals surface area contributed by atoms with E-state index in [0.29, 0.717) is 28.5 Å². The number of aliphatic hydroxyl groups excluding tert-OH is 1. The van der Waals surface area contributed by atoms with Crippen molar-refractivity contribution in [3.63, 3.8) is 0 Å². The number of likely N-dealkylation sites (tertiary alicyclic amines) is 1. The van der Waals surface area contributed by atoms with Gasteiger partial charge >= 0.3 is 5.97 Å². The Kier molecular flexibility index (Phi) is 5.01. The van der Waals surface area contributed by atoms with Crippen molar-refractivity contribution in [2.45, 2.75) is 19.4 Å². The lowest BCUT2D eigenvalue weighted by molar-refractivity contribution is 0.0594. The number of rotatable bonds is 4. The molecular weight excluding hydrogens is 314 g/mol. The largest absolute Gasteiger partial charge is 0.465 e. The van der Waals surface area contributed by atoms with Gasteiger partial charge in [0.05, 0.1) is 13.7 Å². The van der Waals surface area contributed by atoms with E-state index in [1.54, 1.807) is 6.07 Å². The number of carbonyl (C=O) groups is 1. The van der Waals surface area contributed by atoms with E-state index in [-0.39, 0.29) is 12.6 Å². The van der Waals surface area contributed by atoms with Crippen LogP contribution in [0.25, 0.3) is 0 Å². The smallest absolute Gasteiger partial charge is 0.341 e. The second-order valence-corrected chi connectivity index (χ2v) is 5.56. The summed E-state index contributed by atoms with van der Waals surface area (Å²) in [7, 11) is 1.36. The fourth-order valence-corrected chi connectivity index (χ4v) is 2.75. The first-order valence-corrected chi connectivity index (χ1v) is 7.13. The summed E-state index contributed by atoms with van der Waals surface area (Å²) in [6.45, 7) is 2.66. The number of furan rings is 1. The molecule has 1 saturated heterocycles. The number of carbonyl (C=O) groups excluding carboxylic acids is 1. The molecule has 0 atom stereocenters. The van der Waals surface area contributed by atoms with Crippen molar-refractivity contribution in [1.29, 1.82) is 0 Å². The molecule has 1 aliphatic rings. The van der Waals surface area contributed by atoms with E-state index in [2.05, 4.69) is 20.8 Å². The number of halogens is 1. The minimum atomic E-state index is -0.380. The lowest BCUT2D eigenvalue weighted by Crippen LogP contribution is -2.34. The molecule has 1 aromatic rings. The van der Waals surface area contributed by atoms with Gasteiger partial charge in [-0.2, -0.15) is 0 Å². The van der Waals surface area contributed by atoms with E-state index in [4.69, 9.17) is 14.3 Å². The van der Waals surface area contributed by atoms with Crippen LogP contribution in [0.5, 0.6) is 0 Å². The first-order valence-electron chi connectivity index (χ1n) is 6.33. The Labute approximate surface area is 120 Å². The summed E-state index contributed by atoms with van der Waals surface area (Å²) in [5.74, 6) is 0.649. The predicted molar refractivity (Wildman–Crippen MR) is 72.8 cm³/mol. The Morgan fingerprint density at radius 1 is 1.58 bits per heavy atom. The van der Waals surface area contributed by atoms with E-state index in [9.17, 15) is 4.79 Å². The number of hydrogen-bond donors (Lipinski definition) is 1. The third-order valence-corrected chi connectivity index (χ3v) is 3.91. The van der Waals surface area contributed by atoms with Crippen LogP contribution in [0.3, 0.4) is 0 Å². The number of piperidine rings is 1. The first kappa shape index (κ1) is 14.6. The Morgan fingerprint density at radius 3 is 2.84 bits per heavy atom. The zero-order valence-corrected chi connectivity index (χ0v) is 12.5. The molecule has 1 N–H and O–H groups in total. The topological polar surface area (TPSA) is 62.9 Å². The van der Waals surface area contributed by atoms with Crippen LogP contribution in [0.4, 0.5) is 0 Å². The molecule has 0 saturated carbocycles. The van der Waals surface area contributed by atoms with Crippen LogP contribution in [-0.4, -0.2) is 42.8 Å². The van der Waals surface area contributed by atoms with Gasteiger partial charge in [0.1, 0.15) is 11.3 Å². The second-order valence-electron chi connectivity index (χ2n) is 4.78. The summed E-state index contributed by atoms with van der Waals surface area (Å²) >= 11 is 3.24. The highest BCUT2D eigenvalue weighted by Crippen LogP contribution is 2.25. The monoisotopic (exact) mass is 331 g/mol. The van der Waals surface area contributed by atoms with Crippen LogP contribution in [0.15, 0.2) is 15.2 Å². The first-order chi connectivity index (χ1) is 9.13. The van der Waals surface area contributed by atoms with Crippen LogP contribution in [0.1, 0.15) is 29.0 Å². The molecule has 0 unspecified atom stereocenters. The average Bonchev–Trinajstić information content (AvgIpc) is 2.79. The molecule has 106 valence electrons. The van der Waals surface area contributed by atoms with Crippen molar-refractivity contribution in [2.24, 2.45) is 5.92 Å². The molecule has 1 aromatic heterocycles. The Morgan fingerprint density at radius 2 is 2.26 bits per heavy atom. The third-order valence-electron chi connectivity index (χ3n) is 3.52. The van der Waals surface area contributed by atoms with Crippen molar-refractivity contribution in [2.75, 3.05) is 26.8 Å². The number of hydrogen-bond acceptors (Lipinski definition) is 5. The van der Waals surface area contributed by atoms with E-state index in [1.165, 1.54) is 7.11 Å². The van der Waals surface area contributed by atoms with Crippen molar-refractivity contribution < 1.29 is 19.1 Å². The van der Waals surface area contributed by atoms with E-state index in [1.807, 2.05) is 0 Å². The number of methoxy groups -OCH3 is 1. The van der Waals surface area contributed by atoms with Crippen molar-refractivity contribution in [1.82, 2.24) is 4.90 Å². The van der Waals surface area contributed by atoms with Gasteiger partial charge in [-0.3, -0.25) is 4.90 Å². The SMILES string of the molecule is COC(=O)c1cc(Br)oc1CN1CCC(CO)CC1. The summed E-state index contributed by atoms with van der Waals surface area (Å²) in [6.07, 6.45) is 1.96. The molecule has 0 bridgehead atoms. The Hall–Kier alpha value is -0.850. The van der Waals surface area contributed by atoms with Crippen LogP contribution < -0.4 is 0 Å². The van der Waals surface area contributed by atoms with Crippen LogP contribution in [-0.2, 0) is 11.3 Å². The summed E-state index contributed by atoms with van der Waals surface area (Å²) in [4.78, 5) is 13.9. The summed E-state index contributed by atoms with van der Waals surface area (Å²) < 4.78 is 10.8. The van der Waals surface area contributed by atoms with Gasteiger partial charge in [-0.25, -0.2) is 4.79 Å². The maximum Gasteiger partial charge on any atom is 0.341 e. The van der Waals surface area contributed by atoms with E-state index < -0.39 is 0 Å². The molecule has 2 heterocycles. The van der Waals surface area contributed by atoms with Gasteiger partial charge < -0.3 is 14.3 Å². The minimum Gasteiger partial charge on any atom is -0.465 e. The highest BCUT2D eigenvalue weighted by molar-refractivity contribution is 9.10. The minimum absolute atomic E-state index is 0.257. The quantitative estimate of drug-likeness (QED) is 0.855. The number of ether oxygens (including phenoxy) is 1. The molecule has 1 aliphatic heterocycles. The molecule has 19 heavy (non-hydrogen) atoms. The molecule has 0 radical (unpaired) electrons. The average molecular weight is 332 g/mol. The van der Waals surface area contributed by atoms with Gasteiger partial charge in [-0.1, -0.05) is 0 Å². The van der Waals surface area contributed by atoms with Gasteiger partial charge in [0.25, 0.3) is 0 Å². The van der Waals surface area contributed by atoms with Gasteiger partial charge in [0.15, 0.2) is 4.67 Å². The fourth-order valence-electron chi connectivity index (χ4n) is 2.33. The Bertz CT molecular complexity index is 438. The van der Waals surface area contributed by atoms with E-state index >= 15 is 0 Å². The lowest BCUT2D eigenvalue weighted by atomic mass is 9.98. The van der Waals surface area contributed by atoms with Gasteiger partial charge in [-0.15, -0.1) is 0 Å². The normalized spacial score (nSPS) is 17.6. The maximum absolute atomic E-state index is 11.6. The van der Waals surface area contributed by atoms with Crippen molar-refractivity contribution >= 4 is 21.9 Å². The number of nitrogens with zero attached hydrogens (tertiary/aromatic N) is 1. The molecule has 0 spiro atoms. The van der Waals surface area contributed by atoms with Crippen molar-refractivity contribution in [3.8, 4) is 0 Å². The highest BCUT2D eigenvalue weighted by atomic mass is 79.9. The van der Waals surface area contributed by atoms with Crippen LogP contribution >= 0.6 is 15.9 Å². The molecule has 2 rings (SSSR count). The van der Waals surface area contributed by atoms with Crippen LogP contribution in [0, 0.1) is 5.92 Å². The lowest BCUT2D eigenvalue weighted by Gasteiger charge is -2.30. The molecule has 6 heteroatoms. The molecular formula is C13H18BrNO4. The fraction of sp³-hybridized carbons (Fsp3) is 0.615. The predicted octanol–water partition coefficient (Wildman–Crippen LogP) is 2.03. The zero-order chi connectivity index (χ0) is 13.8. The zero-order valence-electron chi connectivity index (χ0n) is 10.9. The third kappa shape index (κ3) is 3.58. The standard InChI is InChI=1S/C13H18BrNO4/c1-18-13(17)10-6-12(14)19-11(10)7-15-4-2-9(8-16)3-5-15/h6,9,16H,2-5,7-8H2,1H3. The second kappa shape index (κ2) is 6.54. The molecule has 1 fully saturated rings. The number of aliphatic hydroxyl groups is 1. The summed E-state index contributed by atoms with van der Waals surface area (Å²) in [5, 5.41) is 9.11. The highest BCUT2D eigenvalue weighted by Gasteiger charge is 2.23. The molecule has 0 aromatic carbocycles. The summed E-state index contributed by atoms with van der Waals surface area (Å²) in [5.41, 5.74) is 0.471. The van der Waals surface area contributed by atoms with Gasteiger partial charge in [-0.05, 0) is 47.8 Å². The molecule has 5 nitrogen and oxygen atoms in total. The molecule has 0 amide bonds. The van der Waals surface area contributed by atoms with Crippen molar-refractivity contribution in [3.05, 3.63) is 22.1 Å². The van der Waals surface area contributed by atoms with E-state index in [0.717, 1.165) is 25.9 Å². The molecule has 0 aliphatic carbocycles. The van der Waals surface area contributed by atoms with Crippen LogP contribution in [0.2, 0.25) is 0 Å². The summed E-state index contributed by atoms with van der Waals surface area (Å²) in [6, 6.07) is 1.64. The maximum atomic E-state index is 11.6. The van der Waals surface area contributed by atoms with Gasteiger partial charge in [0, 0.05) is 12.7 Å². The Balaban J connectivity index is 2.01. The van der Waals surface area contributed by atoms with Gasteiger partial charge in [0.2, 0.25) is 0 Å².